The highest BCUT2D eigenvalue weighted by Gasteiger charge is 2.22. The molecule has 0 saturated heterocycles. The third kappa shape index (κ3) is 3.89. The molecule has 0 bridgehead atoms. The lowest BCUT2D eigenvalue weighted by molar-refractivity contribution is 0.129. The van der Waals surface area contributed by atoms with Crippen molar-refractivity contribution in [2.24, 2.45) is 5.92 Å². The van der Waals surface area contributed by atoms with Gasteiger partial charge in [-0.2, -0.15) is 0 Å². The molecule has 0 atom stereocenters. The Morgan fingerprint density at radius 1 is 1.25 bits per heavy atom. The molecular weight excluding hydrogens is 320 g/mol. The first-order valence-electron chi connectivity index (χ1n) is 7.36. The van der Waals surface area contributed by atoms with Gasteiger partial charge in [0.2, 0.25) is 0 Å². The Labute approximate surface area is 129 Å². The standard InChI is InChI=1S/C16H23BrO3/c1-3-19-15-9-12(10-18)8-14(17)16(15)20-13-6-4-11(2)5-7-13/h8-9,11,13,18H,3-7,10H2,1-2H3. The molecular formula is C16H23BrO3. The Kier molecular flexibility index (Phi) is 5.73. The van der Waals surface area contributed by atoms with Gasteiger partial charge in [-0.05, 0) is 72.2 Å². The van der Waals surface area contributed by atoms with Crippen molar-refractivity contribution in [3.8, 4) is 11.5 Å². The molecule has 0 aliphatic heterocycles. The molecule has 20 heavy (non-hydrogen) atoms. The summed E-state index contributed by atoms with van der Waals surface area (Å²) in [4.78, 5) is 0. The summed E-state index contributed by atoms with van der Waals surface area (Å²) < 4.78 is 12.7. The molecule has 1 fully saturated rings. The predicted octanol–water partition coefficient (Wildman–Crippen LogP) is 4.30. The molecule has 0 heterocycles. The van der Waals surface area contributed by atoms with Crippen molar-refractivity contribution in [1.82, 2.24) is 0 Å². The van der Waals surface area contributed by atoms with Crippen LogP contribution in [0.25, 0.3) is 0 Å². The number of benzene rings is 1. The first-order chi connectivity index (χ1) is 9.63. The first kappa shape index (κ1) is 15.6. The Hall–Kier alpha value is -0.740. The Bertz CT molecular complexity index is 440. The predicted molar refractivity (Wildman–Crippen MR) is 83.3 cm³/mol. The van der Waals surface area contributed by atoms with E-state index in [0.717, 1.165) is 34.5 Å². The van der Waals surface area contributed by atoms with Crippen molar-refractivity contribution in [2.75, 3.05) is 6.61 Å². The zero-order chi connectivity index (χ0) is 14.5. The van der Waals surface area contributed by atoms with Gasteiger partial charge < -0.3 is 14.6 Å². The summed E-state index contributed by atoms with van der Waals surface area (Å²) in [6, 6.07) is 3.75. The van der Waals surface area contributed by atoms with E-state index in [4.69, 9.17) is 9.47 Å². The molecule has 2 rings (SSSR count). The van der Waals surface area contributed by atoms with E-state index in [1.54, 1.807) is 0 Å². The maximum absolute atomic E-state index is 9.28. The van der Waals surface area contributed by atoms with Gasteiger partial charge in [-0.3, -0.25) is 0 Å². The molecule has 3 nitrogen and oxygen atoms in total. The van der Waals surface area contributed by atoms with Crippen molar-refractivity contribution < 1.29 is 14.6 Å². The smallest absolute Gasteiger partial charge is 0.175 e. The van der Waals surface area contributed by atoms with Crippen LogP contribution in [0, 0.1) is 5.92 Å². The second-order valence-electron chi connectivity index (χ2n) is 5.50. The first-order valence-corrected chi connectivity index (χ1v) is 8.16. The van der Waals surface area contributed by atoms with Gasteiger partial charge in [0, 0.05) is 0 Å². The van der Waals surface area contributed by atoms with Gasteiger partial charge in [0.25, 0.3) is 0 Å². The minimum absolute atomic E-state index is 0.000102. The van der Waals surface area contributed by atoms with Crippen LogP contribution in [0.5, 0.6) is 11.5 Å². The molecule has 1 aliphatic carbocycles. The van der Waals surface area contributed by atoms with E-state index in [1.807, 2.05) is 19.1 Å². The molecule has 1 saturated carbocycles. The number of halogens is 1. The number of rotatable bonds is 5. The zero-order valence-electron chi connectivity index (χ0n) is 12.2. The Balaban J connectivity index is 2.16. The largest absolute Gasteiger partial charge is 0.490 e. The number of aliphatic hydroxyl groups is 1. The highest BCUT2D eigenvalue weighted by Crippen LogP contribution is 2.39. The summed E-state index contributed by atoms with van der Waals surface area (Å²) in [5, 5.41) is 9.28. The highest BCUT2D eigenvalue weighted by atomic mass is 79.9. The molecule has 4 heteroatoms. The molecule has 0 aromatic heterocycles. The fourth-order valence-corrected chi connectivity index (χ4v) is 3.19. The molecule has 1 N–H and O–H groups in total. The highest BCUT2D eigenvalue weighted by molar-refractivity contribution is 9.10. The second-order valence-corrected chi connectivity index (χ2v) is 6.35. The summed E-state index contributed by atoms with van der Waals surface area (Å²) in [6.45, 7) is 4.83. The van der Waals surface area contributed by atoms with Gasteiger partial charge in [0.1, 0.15) is 0 Å². The number of ether oxygens (including phenoxy) is 2. The third-order valence-electron chi connectivity index (χ3n) is 3.80. The van der Waals surface area contributed by atoms with Crippen molar-refractivity contribution in [2.45, 2.75) is 52.2 Å². The zero-order valence-corrected chi connectivity index (χ0v) is 13.8. The van der Waals surface area contributed by atoms with Gasteiger partial charge >= 0.3 is 0 Å². The monoisotopic (exact) mass is 342 g/mol. The quantitative estimate of drug-likeness (QED) is 0.866. The number of aliphatic hydroxyl groups excluding tert-OH is 1. The van der Waals surface area contributed by atoms with E-state index in [0.29, 0.717) is 12.4 Å². The third-order valence-corrected chi connectivity index (χ3v) is 4.39. The molecule has 0 amide bonds. The summed E-state index contributed by atoms with van der Waals surface area (Å²) in [7, 11) is 0. The van der Waals surface area contributed by atoms with Crippen LogP contribution in [0.15, 0.2) is 16.6 Å². The molecule has 0 spiro atoms. The SMILES string of the molecule is CCOc1cc(CO)cc(Br)c1OC1CCC(C)CC1. The lowest BCUT2D eigenvalue weighted by Crippen LogP contribution is -2.23. The van der Waals surface area contributed by atoms with Crippen LogP contribution in [0.4, 0.5) is 0 Å². The summed E-state index contributed by atoms with van der Waals surface area (Å²) in [6.07, 6.45) is 4.91. The normalized spacial score (nSPS) is 22.6. The van der Waals surface area contributed by atoms with Crippen LogP contribution >= 0.6 is 15.9 Å². The number of hydrogen-bond acceptors (Lipinski definition) is 3. The second kappa shape index (κ2) is 7.32. The number of hydrogen-bond donors (Lipinski definition) is 1. The van der Waals surface area contributed by atoms with Crippen molar-refractivity contribution in [3.05, 3.63) is 22.2 Å². The molecule has 1 aromatic rings. The average Bonchev–Trinajstić information content (AvgIpc) is 2.44. The Morgan fingerprint density at radius 3 is 2.55 bits per heavy atom. The minimum atomic E-state index is -0.000102. The summed E-state index contributed by atoms with van der Waals surface area (Å²) >= 11 is 3.53. The fraction of sp³-hybridized carbons (Fsp3) is 0.625. The molecule has 1 aromatic carbocycles. The molecule has 1 aliphatic rings. The van der Waals surface area contributed by atoms with Crippen LogP contribution < -0.4 is 9.47 Å². The summed E-state index contributed by atoms with van der Waals surface area (Å²) in [5.74, 6) is 2.29. The van der Waals surface area contributed by atoms with Gasteiger partial charge in [-0.25, -0.2) is 0 Å². The maximum Gasteiger partial charge on any atom is 0.175 e. The van der Waals surface area contributed by atoms with E-state index in [-0.39, 0.29) is 12.7 Å². The van der Waals surface area contributed by atoms with E-state index in [9.17, 15) is 5.11 Å². The van der Waals surface area contributed by atoms with Crippen LogP contribution in [-0.2, 0) is 6.61 Å². The minimum Gasteiger partial charge on any atom is -0.490 e. The van der Waals surface area contributed by atoms with E-state index in [2.05, 4.69) is 22.9 Å². The summed E-state index contributed by atoms with van der Waals surface area (Å²) in [5.41, 5.74) is 0.824. The molecule has 0 radical (unpaired) electrons. The Morgan fingerprint density at radius 2 is 1.95 bits per heavy atom. The fourth-order valence-electron chi connectivity index (χ4n) is 2.60. The topological polar surface area (TPSA) is 38.7 Å². The lowest BCUT2D eigenvalue weighted by atomic mass is 9.89. The maximum atomic E-state index is 9.28. The van der Waals surface area contributed by atoms with Crippen LogP contribution in [0.1, 0.15) is 45.1 Å². The van der Waals surface area contributed by atoms with Crippen molar-refractivity contribution >= 4 is 15.9 Å². The van der Waals surface area contributed by atoms with Crippen LogP contribution in [-0.4, -0.2) is 17.8 Å². The van der Waals surface area contributed by atoms with Crippen LogP contribution in [0.2, 0.25) is 0 Å². The van der Waals surface area contributed by atoms with Gasteiger partial charge in [-0.1, -0.05) is 6.92 Å². The van der Waals surface area contributed by atoms with Gasteiger partial charge in [0.15, 0.2) is 11.5 Å². The van der Waals surface area contributed by atoms with Crippen LogP contribution in [0.3, 0.4) is 0 Å². The van der Waals surface area contributed by atoms with Crippen molar-refractivity contribution in [3.63, 3.8) is 0 Å². The van der Waals surface area contributed by atoms with E-state index < -0.39 is 0 Å². The van der Waals surface area contributed by atoms with Crippen molar-refractivity contribution in [1.29, 1.82) is 0 Å². The lowest BCUT2D eigenvalue weighted by Gasteiger charge is -2.28. The van der Waals surface area contributed by atoms with Gasteiger partial charge in [-0.15, -0.1) is 0 Å². The average molecular weight is 343 g/mol. The van der Waals surface area contributed by atoms with Gasteiger partial charge in [0.05, 0.1) is 23.8 Å². The molecule has 112 valence electrons. The molecule has 0 unspecified atom stereocenters. The van der Waals surface area contributed by atoms with E-state index in [1.165, 1.54) is 12.8 Å². The van der Waals surface area contributed by atoms with E-state index >= 15 is 0 Å².